The van der Waals surface area contributed by atoms with Crippen molar-refractivity contribution >= 4 is 11.9 Å². The van der Waals surface area contributed by atoms with Gasteiger partial charge in [0.05, 0.1) is 0 Å². The summed E-state index contributed by atoms with van der Waals surface area (Å²) < 4.78 is 21.0. The van der Waals surface area contributed by atoms with Gasteiger partial charge < -0.3 is 29.2 Å². The average molecular weight is 513 g/mol. The van der Waals surface area contributed by atoms with E-state index in [1.165, 1.54) is 13.8 Å². The highest BCUT2D eigenvalue weighted by Crippen LogP contribution is 2.28. The highest BCUT2D eigenvalue weighted by atomic mass is 16.6. The Bertz CT molecular complexity index is 1060. The fraction of sp³-hybridized carbons (Fsp3) is 0.310. The third kappa shape index (κ3) is 11.2. The standard InChI is InChI=1S/C27H32O8.C2H4/c1-17(2)26(30)34-15-22(28)13-32-24-9-6-20(7-10-24)21-8-11-25(19(5)12-21)33-14-23(29)16-35-27(31)18(3)4;1-2/h6-12,22-23,28-29H,1,3,13-16H2,2,4-5H3;1-2H2. The van der Waals surface area contributed by atoms with Crippen LogP contribution in [-0.2, 0) is 19.1 Å². The van der Waals surface area contributed by atoms with Gasteiger partial charge in [-0.2, -0.15) is 0 Å². The Morgan fingerprint density at radius 3 is 1.68 bits per heavy atom. The van der Waals surface area contributed by atoms with Crippen LogP contribution >= 0.6 is 0 Å². The Labute approximate surface area is 218 Å². The molecular formula is C29H36O8. The second-order valence-corrected chi connectivity index (χ2v) is 8.19. The first-order valence-corrected chi connectivity index (χ1v) is 11.5. The Hall–Kier alpha value is -3.88. The molecule has 0 heterocycles. The van der Waals surface area contributed by atoms with Gasteiger partial charge in [-0.3, -0.25) is 0 Å². The predicted octanol–water partition coefficient (Wildman–Crippen LogP) is 4.18. The molecule has 0 spiro atoms. The van der Waals surface area contributed by atoms with Crippen molar-refractivity contribution in [3.8, 4) is 22.6 Å². The second kappa shape index (κ2) is 16.0. The number of aliphatic hydroxyl groups excluding tert-OH is 2. The van der Waals surface area contributed by atoms with E-state index in [2.05, 4.69) is 26.3 Å². The number of carbonyl (C=O) groups is 2. The molecule has 0 bridgehead atoms. The molecule has 0 radical (unpaired) electrons. The van der Waals surface area contributed by atoms with Gasteiger partial charge in [0.25, 0.3) is 0 Å². The van der Waals surface area contributed by atoms with Gasteiger partial charge in [0.2, 0.25) is 0 Å². The molecule has 0 fully saturated rings. The van der Waals surface area contributed by atoms with Crippen molar-refractivity contribution in [3.05, 3.63) is 85.5 Å². The van der Waals surface area contributed by atoms with Crippen LogP contribution in [0.3, 0.4) is 0 Å². The molecular weight excluding hydrogens is 476 g/mol. The zero-order valence-corrected chi connectivity index (χ0v) is 21.7. The summed E-state index contributed by atoms with van der Waals surface area (Å²) in [4.78, 5) is 22.8. The molecule has 8 nitrogen and oxygen atoms in total. The molecule has 0 aliphatic carbocycles. The molecule has 0 aliphatic heterocycles. The molecule has 0 amide bonds. The van der Waals surface area contributed by atoms with Crippen LogP contribution in [0.5, 0.6) is 11.5 Å². The van der Waals surface area contributed by atoms with Crippen LogP contribution in [0.1, 0.15) is 19.4 Å². The molecule has 37 heavy (non-hydrogen) atoms. The number of ether oxygens (including phenoxy) is 4. The number of hydrogen-bond donors (Lipinski definition) is 2. The first kappa shape index (κ1) is 31.2. The van der Waals surface area contributed by atoms with Gasteiger partial charge >= 0.3 is 11.9 Å². The third-order valence-corrected chi connectivity index (χ3v) is 4.75. The van der Waals surface area contributed by atoms with Crippen molar-refractivity contribution < 1.29 is 38.7 Å². The number of aryl methyl sites for hydroxylation is 1. The minimum atomic E-state index is -0.957. The summed E-state index contributed by atoms with van der Waals surface area (Å²) >= 11 is 0. The average Bonchev–Trinajstić information content (AvgIpc) is 2.89. The van der Waals surface area contributed by atoms with Crippen LogP contribution < -0.4 is 9.47 Å². The van der Waals surface area contributed by atoms with E-state index in [-0.39, 0.29) is 37.6 Å². The van der Waals surface area contributed by atoms with Gasteiger partial charge in [0.1, 0.15) is 50.1 Å². The number of esters is 2. The zero-order valence-electron chi connectivity index (χ0n) is 21.7. The highest BCUT2D eigenvalue weighted by Gasteiger charge is 2.12. The van der Waals surface area contributed by atoms with Crippen molar-refractivity contribution in [2.45, 2.75) is 33.0 Å². The molecule has 0 aliphatic rings. The van der Waals surface area contributed by atoms with E-state index in [1.807, 2.05) is 37.3 Å². The molecule has 0 aromatic heterocycles. The maximum Gasteiger partial charge on any atom is 0.333 e. The van der Waals surface area contributed by atoms with Gasteiger partial charge in [-0.15, -0.1) is 13.2 Å². The number of benzene rings is 2. The molecule has 0 saturated heterocycles. The fourth-order valence-electron chi connectivity index (χ4n) is 2.80. The van der Waals surface area contributed by atoms with Crippen LogP contribution in [0.15, 0.2) is 79.9 Å². The topological polar surface area (TPSA) is 112 Å². The van der Waals surface area contributed by atoms with E-state index in [9.17, 15) is 19.8 Å². The van der Waals surface area contributed by atoms with Crippen LogP contribution in [0.25, 0.3) is 11.1 Å². The van der Waals surface area contributed by atoms with Gasteiger partial charge in [-0.1, -0.05) is 31.4 Å². The number of rotatable bonds is 13. The van der Waals surface area contributed by atoms with Crippen molar-refractivity contribution in [2.75, 3.05) is 26.4 Å². The van der Waals surface area contributed by atoms with Crippen molar-refractivity contribution in [2.24, 2.45) is 0 Å². The van der Waals surface area contributed by atoms with E-state index in [0.717, 1.165) is 16.7 Å². The summed E-state index contributed by atoms with van der Waals surface area (Å²) in [7, 11) is 0. The number of hydrogen-bond acceptors (Lipinski definition) is 8. The monoisotopic (exact) mass is 512 g/mol. The minimum Gasteiger partial charge on any atom is -0.491 e. The van der Waals surface area contributed by atoms with E-state index < -0.39 is 24.1 Å². The van der Waals surface area contributed by atoms with Crippen LogP contribution in [0.4, 0.5) is 0 Å². The highest BCUT2D eigenvalue weighted by molar-refractivity contribution is 5.87. The van der Waals surface area contributed by atoms with Crippen molar-refractivity contribution in [1.29, 1.82) is 0 Å². The fourth-order valence-corrected chi connectivity index (χ4v) is 2.80. The zero-order chi connectivity index (χ0) is 28.0. The lowest BCUT2D eigenvalue weighted by Crippen LogP contribution is -2.25. The van der Waals surface area contributed by atoms with Gasteiger partial charge in [-0.05, 0) is 61.7 Å². The summed E-state index contributed by atoms with van der Waals surface area (Å²) in [5, 5.41) is 19.9. The summed E-state index contributed by atoms with van der Waals surface area (Å²) in [6.07, 6.45) is -1.91. The minimum absolute atomic E-state index is 0.0199. The first-order valence-electron chi connectivity index (χ1n) is 11.5. The second-order valence-electron chi connectivity index (χ2n) is 8.19. The Morgan fingerprint density at radius 1 is 0.757 bits per heavy atom. The van der Waals surface area contributed by atoms with E-state index >= 15 is 0 Å². The molecule has 2 rings (SSSR count). The Balaban J connectivity index is 0.00000334. The van der Waals surface area contributed by atoms with Gasteiger partial charge in [0.15, 0.2) is 0 Å². The number of carbonyl (C=O) groups excluding carboxylic acids is 2. The van der Waals surface area contributed by atoms with E-state index in [1.54, 1.807) is 12.1 Å². The van der Waals surface area contributed by atoms with E-state index in [0.29, 0.717) is 11.5 Å². The molecule has 2 unspecified atom stereocenters. The summed E-state index contributed by atoms with van der Waals surface area (Å²) in [6.45, 7) is 17.5. The molecule has 2 aromatic rings. The van der Waals surface area contributed by atoms with E-state index in [4.69, 9.17) is 18.9 Å². The Morgan fingerprint density at radius 2 is 1.22 bits per heavy atom. The quantitative estimate of drug-likeness (QED) is 0.234. The molecule has 2 N–H and O–H groups in total. The maximum absolute atomic E-state index is 11.4. The Kier molecular flexibility index (Phi) is 13.5. The largest absolute Gasteiger partial charge is 0.491 e. The first-order chi connectivity index (χ1) is 17.6. The van der Waals surface area contributed by atoms with Crippen molar-refractivity contribution in [1.82, 2.24) is 0 Å². The molecule has 2 atom stereocenters. The lowest BCUT2D eigenvalue weighted by molar-refractivity contribution is -0.143. The molecule has 2 aromatic carbocycles. The lowest BCUT2D eigenvalue weighted by Gasteiger charge is -2.15. The van der Waals surface area contributed by atoms with Gasteiger partial charge in [-0.25, -0.2) is 9.59 Å². The molecule has 8 heteroatoms. The van der Waals surface area contributed by atoms with Crippen LogP contribution in [0.2, 0.25) is 0 Å². The predicted molar refractivity (Wildman–Crippen MR) is 142 cm³/mol. The van der Waals surface area contributed by atoms with Crippen LogP contribution in [-0.4, -0.2) is 60.8 Å². The SMILES string of the molecule is C=C.C=C(C)C(=O)OCC(O)COc1ccc(-c2ccc(OCC(O)COC(=O)C(=C)C)c(C)c2)cc1. The summed E-state index contributed by atoms with van der Waals surface area (Å²) in [5.41, 5.74) is 3.33. The van der Waals surface area contributed by atoms with Crippen LogP contribution in [0, 0.1) is 6.92 Å². The molecule has 200 valence electrons. The third-order valence-electron chi connectivity index (χ3n) is 4.75. The smallest absolute Gasteiger partial charge is 0.333 e. The lowest BCUT2D eigenvalue weighted by atomic mass is 10.0. The summed E-state index contributed by atoms with van der Waals surface area (Å²) in [6, 6.07) is 13.0. The normalized spacial score (nSPS) is 11.7. The van der Waals surface area contributed by atoms with Crippen molar-refractivity contribution in [3.63, 3.8) is 0 Å². The summed E-state index contributed by atoms with van der Waals surface area (Å²) in [5.74, 6) is 0.0685. The van der Waals surface area contributed by atoms with Gasteiger partial charge in [0, 0.05) is 11.1 Å². The molecule has 0 saturated carbocycles. The number of aliphatic hydroxyl groups is 2. The maximum atomic E-state index is 11.4.